The minimum atomic E-state index is 0.344. The fourth-order valence-corrected chi connectivity index (χ4v) is 3.18. The number of hydrogen-bond acceptors (Lipinski definition) is 2. The highest BCUT2D eigenvalue weighted by Gasteiger charge is 2.38. The monoisotopic (exact) mass is 254 g/mol. The maximum atomic E-state index is 3.84. The van der Waals surface area contributed by atoms with Crippen molar-refractivity contribution in [2.75, 3.05) is 19.6 Å². The Hall–Kier alpha value is -0.0800. The summed E-state index contributed by atoms with van der Waals surface area (Å²) in [4.78, 5) is 2.74. The van der Waals surface area contributed by atoms with Gasteiger partial charge in [0.25, 0.3) is 0 Å². The first kappa shape index (κ1) is 16.0. The minimum absolute atomic E-state index is 0.344. The van der Waals surface area contributed by atoms with Gasteiger partial charge in [-0.25, -0.2) is 0 Å². The van der Waals surface area contributed by atoms with Gasteiger partial charge < -0.3 is 5.32 Å². The molecule has 0 aromatic rings. The molecule has 18 heavy (non-hydrogen) atoms. The molecule has 1 N–H and O–H groups in total. The number of nitrogens with zero attached hydrogens (tertiary/aromatic N) is 1. The van der Waals surface area contributed by atoms with Crippen LogP contribution in [0.5, 0.6) is 0 Å². The molecule has 0 bridgehead atoms. The first-order valence-electron chi connectivity index (χ1n) is 7.72. The summed E-state index contributed by atoms with van der Waals surface area (Å²) in [5.74, 6) is 0.728. The van der Waals surface area contributed by atoms with Gasteiger partial charge in [0, 0.05) is 31.2 Å². The number of hydrogen-bond donors (Lipinski definition) is 1. The predicted molar refractivity (Wildman–Crippen MR) is 81.0 cm³/mol. The molecule has 0 spiro atoms. The van der Waals surface area contributed by atoms with E-state index in [2.05, 4.69) is 58.7 Å². The van der Waals surface area contributed by atoms with Crippen LogP contribution in [0.25, 0.3) is 0 Å². The third kappa shape index (κ3) is 3.96. The fourth-order valence-electron chi connectivity index (χ4n) is 3.18. The Morgan fingerprint density at radius 3 is 2.17 bits per heavy atom. The highest BCUT2D eigenvalue weighted by molar-refractivity contribution is 4.98. The molecule has 1 saturated heterocycles. The molecule has 0 aromatic heterocycles. The van der Waals surface area contributed by atoms with Crippen LogP contribution in [0.1, 0.15) is 61.3 Å². The second-order valence-corrected chi connectivity index (χ2v) is 7.65. The summed E-state index contributed by atoms with van der Waals surface area (Å²) in [5, 5.41) is 3.84. The van der Waals surface area contributed by atoms with Crippen molar-refractivity contribution in [1.29, 1.82) is 0 Å². The van der Waals surface area contributed by atoms with Crippen LogP contribution in [0.3, 0.4) is 0 Å². The van der Waals surface area contributed by atoms with E-state index in [-0.39, 0.29) is 0 Å². The van der Waals surface area contributed by atoms with E-state index in [0.717, 1.165) is 12.5 Å². The molecule has 2 nitrogen and oxygen atoms in total. The van der Waals surface area contributed by atoms with Gasteiger partial charge in [-0.05, 0) is 24.2 Å². The normalized spacial score (nSPS) is 25.7. The molecular weight excluding hydrogens is 220 g/mol. The van der Waals surface area contributed by atoms with Crippen LogP contribution in [-0.4, -0.2) is 36.1 Å². The van der Waals surface area contributed by atoms with Gasteiger partial charge in [0.05, 0.1) is 0 Å². The van der Waals surface area contributed by atoms with Gasteiger partial charge in [0.15, 0.2) is 0 Å². The van der Waals surface area contributed by atoms with Gasteiger partial charge in [-0.1, -0.05) is 48.5 Å². The van der Waals surface area contributed by atoms with Crippen molar-refractivity contribution in [3.05, 3.63) is 0 Å². The number of rotatable bonds is 4. The van der Waals surface area contributed by atoms with E-state index in [1.54, 1.807) is 0 Å². The highest BCUT2D eigenvalue weighted by Crippen LogP contribution is 2.28. The van der Waals surface area contributed by atoms with Crippen LogP contribution in [0.4, 0.5) is 0 Å². The molecule has 1 rings (SSSR count). The molecule has 0 amide bonds. The topological polar surface area (TPSA) is 15.3 Å². The van der Waals surface area contributed by atoms with E-state index in [4.69, 9.17) is 0 Å². The lowest BCUT2D eigenvalue weighted by Crippen LogP contribution is -2.65. The fraction of sp³-hybridized carbons (Fsp3) is 1.00. The Balaban J connectivity index is 2.82. The van der Waals surface area contributed by atoms with Crippen LogP contribution in [-0.2, 0) is 0 Å². The van der Waals surface area contributed by atoms with Gasteiger partial charge in [-0.15, -0.1) is 0 Å². The molecule has 1 aliphatic rings. The van der Waals surface area contributed by atoms with Crippen molar-refractivity contribution >= 4 is 0 Å². The first-order chi connectivity index (χ1) is 8.23. The SMILES string of the molecule is CCC1(CC)CN(CC(C)(C)C)C(C(C)C)CN1. The summed E-state index contributed by atoms with van der Waals surface area (Å²) in [6.07, 6.45) is 2.46. The largest absolute Gasteiger partial charge is 0.308 e. The average Bonchev–Trinajstić information content (AvgIpc) is 2.26. The average molecular weight is 254 g/mol. The van der Waals surface area contributed by atoms with E-state index in [9.17, 15) is 0 Å². The lowest BCUT2D eigenvalue weighted by molar-refractivity contribution is 0.0270. The van der Waals surface area contributed by atoms with E-state index in [1.165, 1.54) is 25.9 Å². The second-order valence-electron chi connectivity index (χ2n) is 7.65. The molecule has 1 fully saturated rings. The lowest BCUT2D eigenvalue weighted by Gasteiger charge is -2.50. The van der Waals surface area contributed by atoms with E-state index < -0.39 is 0 Å². The van der Waals surface area contributed by atoms with Gasteiger partial charge in [-0.3, -0.25) is 4.90 Å². The standard InChI is InChI=1S/C16H34N2/c1-8-16(9-2)12-18(11-15(5,6)7)14(10-17-16)13(3)4/h13-14,17H,8-12H2,1-7H3. The third-order valence-electron chi connectivity index (χ3n) is 4.46. The number of piperazine rings is 1. The van der Waals surface area contributed by atoms with Crippen molar-refractivity contribution < 1.29 is 0 Å². The maximum Gasteiger partial charge on any atom is 0.0304 e. The third-order valence-corrected chi connectivity index (χ3v) is 4.46. The van der Waals surface area contributed by atoms with Crippen molar-refractivity contribution in [3.8, 4) is 0 Å². The summed E-state index contributed by atoms with van der Waals surface area (Å²) in [6.45, 7) is 20.0. The molecule has 108 valence electrons. The van der Waals surface area contributed by atoms with Crippen LogP contribution in [0, 0.1) is 11.3 Å². The van der Waals surface area contributed by atoms with E-state index in [1.807, 2.05) is 0 Å². The van der Waals surface area contributed by atoms with Gasteiger partial charge in [-0.2, -0.15) is 0 Å². The minimum Gasteiger partial charge on any atom is -0.308 e. The first-order valence-corrected chi connectivity index (χ1v) is 7.72. The molecule has 1 heterocycles. The van der Waals surface area contributed by atoms with Crippen molar-refractivity contribution in [2.24, 2.45) is 11.3 Å². The Morgan fingerprint density at radius 2 is 1.78 bits per heavy atom. The summed E-state index contributed by atoms with van der Waals surface area (Å²) in [5.41, 5.74) is 0.730. The molecule has 1 unspecified atom stereocenters. The molecular formula is C16H34N2. The van der Waals surface area contributed by atoms with E-state index in [0.29, 0.717) is 17.0 Å². The van der Waals surface area contributed by atoms with Crippen LogP contribution in [0.2, 0.25) is 0 Å². The molecule has 1 aliphatic heterocycles. The molecule has 0 saturated carbocycles. The highest BCUT2D eigenvalue weighted by atomic mass is 15.3. The zero-order valence-corrected chi connectivity index (χ0v) is 13.6. The molecule has 1 atom stereocenters. The van der Waals surface area contributed by atoms with Crippen LogP contribution < -0.4 is 5.32 Å². The van der Waals surface area contributed by atoms with Gasteiger partial charge >= 0.3 is 0 Å². The second kappa shape index (κ2) is 5.92. The predicted octanol–water partition coefficient (Wildman–Crippen LogP) is 3.52. The van der Waals surface area contributed by atoms with Crippen LogP contribution >= 0.6 is 0 Å². The summed E-state index contributed by atoms with van der Waals surface area (Å²) in [6, 6.07) is 0.690. The number of nitrogens with one attached hydrogen (secondary N) is 1. The van der Waals surface area contributed by atoms with Crippen molar-refractivity contribution in [1.82, 2.24) is 10.2 Å². The lowest BCUT2D eigenvalue weighted by atomic mass is 9.84. The van der Waals surface area contributed by atoms with Crippen LogP contribution in [0.15, 0.2) is 0 Å². The Bertz CT molecular complexity index is 248. The van der Waals surface area contributed by atoms with Crippen molar-refractivity contribution in [2.45, 2.75) is 72.9 Å². The van der Waals surface area contributed by atoms with Crippen molar-refractivity contribution in [3.63, 3.8) is 0 Å². The zero-order valence-electron chi connectivity index (χ0n) is 13.6. The molecule has 2 heteroatoms. The Morgan fingerprint density at radius 1 is 1.22 bits per heavy atom. The molecule has 0 aromatic carbocycles. The summed E-state index contributed by atoms with van der Waals surface area (Å²) < 4.78 is 0. The Kier molecular flexibility index (Phi) is 5.25. The van der Waals surface area contributed by atoms with Gasteiger partial charge in [0.1, 0.15) is 0 Å². The maximum absolute atomic E-state index is 3.84. The summed E-state index contributed by atoms with van der Waals surface area (Å²) >= 11 is 0. The zero-order chi connectivity index (χ0) is 14.0. The molecule has 0 aliphatic carbocycles. The van der Waals surface area contributed by atoms with E-state index >= 15 is 0 Å². The summed E-state index contributed by atoms with van der Waals surface area (Å²) in [7, 11) is 0. The smallest absolute Gasteiger partial charge is 0.0304 e. The van der Waals surface area contributed by atoms with Gasteiger partial charge in [0.2, 0.25) is 0 Å². The Labute approximate surface area is 115 Å². The molecule has 0 radical (unpaired) electrons. The quantitative estimate of drug-likeness (QED) is 0.826.